The number of halogens is 4. The van der Waals surface area contributed by atoms with Crippen molar-refractivity contribution in [3.8, 4) is 0 Å². The Kier molecular flexibility index (Phi) is 2.02. The third-order valence-electron chi connectivity index (χ3n) is 1.69. The molecule has 0 saturated heterocycles. The zero-order chi connectivity index (χ0) is 10.3. The molecule has 0 aliphatic rings. The van der Waals surface area contributed by atoms with Crippen LogP contribution < -0.4 is 0 Å². The lowest BCUT2D eigenvalue weighted by atomic mass is 10.2. The molecule has 1 aromatic carbocycles. The Morgan fingerprint density at radius 1 is 1.29 bits per heavy atom. The van der Waals surface area contributed by atoms with Crippen LogP contribution in [0, 0.1) is 0 Å². The standard InChI is InChI=1S/C8H3BrF3NO/c9-7-13-5-3-1-2-4(6(5)14-7)8(10,11)12/h1-3H. The fourth-order valence-corrected chi connectivity index (χ4v) is 1.50. The largest absolute Gasteiger partial charge is 0.430 e. The highest BCUT2D eigenvalue weighted by atomic mass is 79.9. The minimum Gasteiger partial charge on any atom is -0.430 e. The van der Waals surface area contributed by atoms with E-state index in [1.54, 1.807) is 0 Å². The number of benzene rings is 1. The predicted octanol–water partition coefficient (Wildman–Crippen LogP) is 3.61. The Morgan fingerprint density at radius 3 is 2.64 bits per heavy atom. The smallest absolute Gasteiger partial charge is 0.420 e. The van der Waals surface area contributed by atoms with E-state index in [0.717, 1.165) is 6.07 Å². The lowest BCUT2D eigenvalue weighted by Crippen LogP contribution is -2.04. The highest BCUT2D eigenvalue weighted by Gasteiger charge is 2.34. The second-order valence-corrected chi connectivity index (χ2v) is 3.30. The molecule has 14 heavy (non-hydrogen) atoms. The summed E-state index contributed by atoms with van der Waals surface area (Å²) in [6, 6.07) is 3.71. The Hall–Kier alpha value is -1.04. The normalized spacial score (nSPS) is 12.3. The van der Waals surface area contributed by atoms with Crippen molar-refractivity contribution in [1.82, 2.24) is 4.98 Å². The maximum Gasteiger partial charge on any atom is 0.420 e. The number of para-hydroxylation sites is 1. The Balaban J connectivity index is 2.77. The average Bonchev–Trinajstić information content (AvgIpc) is 2.41. The fraction of sp³-hybridized carbons (Fsp3) is 0.125. The van der Waals surface area contributed by atoms with Crippen LogP contribution in [-0.4, -0.2) is 4.98 Å². The van der Waals surface area contributed by atoms with Crippen LogP contribution in [0.1, 0.15) is 5.56 Å². The summed E-state index contributed by atoms with van der Waals surface area (Å²) in [6.45, 7) is 0. The molecule has 1 heterocycles. The Bertz CT molecular complexity index is 477. The van der Waals surface area contributed by atoms with E-state index in [9.17, 15) is 13.2 Å². The van der Waals surface area contributed by atoms with Gasteiger partial charge in [0, 0.05) is 15.9 Å². The van der Waals surface area contributed by atoms with Crippen LogP contribution in [0.15, 0.2) is 27.4 Å². The van der Waals surface area contributed by atoms with E-state index in [1.807, 2.05) is 0 Å². The summed E-state index contributed by atoms with van der Waals surface area (Å²) in [5, 5.41) is 0. The maximum absolute atomic E-state index is 12.4. The van der Waals surface area contributed by atoms with Crippen molar-refractivity contribution in [3.05, 3.63) is 28.6 Å². The molecule has 0 radical (unpaired) electrons. The first-order valence-corrected chi connectivity index (χ1v) is 4.40. The third kappa shape index (κ3) is 1.50. The van der Waals surface area contributed by atoms with Crippen LogP contribution in [0.4, 0.5) is 13.2 Å². The van der Waals surface area contributed by atoms with Gasteiger partial charge in [-0.25, -0.2) is 4.98 Å². The molecule has 74 valence electrons. The van der Waals surface area contributed by atoms with Gasteiger partial charge >= 0.3 is 6.18 Å². The summed E-state index contributed by atoms with van der Waals surface area (Å²) in [7, 11) is 0. The summed E-state index contributed by atoms with van der Waals surface area (Å²) in [5.41, 5.74) is -0.869. The molecule has 0 bridgehead atoms. The number of oxazole rings is 1. The number of aromatic nitrogens is 1. The van der Waals surface area contributed by atoms with Gasteiger partial charge in [0.05, 0.1) is 0 Å². The highest BCUT2D eigenvalue weighted by Crippen LogP contribution is 2.35. The second kappa shape index (κ2) is 2.98. The minimum absolute atomic E-state index is 0.0456. The summed E-state index contributed by atoms with van der Waals surface area (Å²) < 4.78 is 42.1. The molecule has 2 aromatic rings. The van der Waals surface area contributed by atoms with E-state index in [2.05, 4.69) is 20.9 Å². The zero-order valence-electron chi connectivity index (χ0n) is 6.60. The minimum atomic E-state index is -4.42. The van der Waals surface area contributed by atoms with Crippen LogP contribution >= 0.6 is 15.9 Å². The molecule has 0 unspecified atom stereocenters. The molecule has 0 N–H and O–H groups in total. The van der Waals surface area contributed by atoms with Gasteiger partial charge in [-0.15, -0.1) is 0 Å². The summed E-state index contributed by atoms with van der Waals surface area (Å²) in [4.78, 5) is 3.78. The second-order valence-electron chi connectivity index (χ2n) is 2.62. The molecular formula is C8H3BrF3NO. The Morgan fingerprint density at radius 2 is 2.00 bits per heavy atom. The van der Waals surface area contributed by atoms with E-state index in [-0.39, 0.29) is 15.9 Å². The van der Waals surface area contributed by atoms with E-state index in [1.165, 1.54) is 12.1 Å². The number of fused-ring (bicyclic) bond motifs is 1. The predicted molar refractivity (Wildman–Crippen MR) is 46.7 cm³/mol. The number of hydrogen-bond acceptors (Lipinski definition) is 2. The van der Waals surface area contributed by atoms with Crippen molar-refractivity contribution in [2.75, 3.05) is 0 Å². The van der Waals surface area contributed by atoms with Crippen molar-refractivity contribution in [2.45, 2.75) is 6.18 Å². The van der Waals surface area contributed by atoms with Gasteiger partial charge in [0.1, 0.15) is 11.1 Å². The van der Waals surface area contributed by atoms with Crippen LogP contribution in [0.25, 0.3) is 11.1 Å². The zero-order valence-corrected chi connectivity index (χ0v) is 8.19. The number of rotatable bonds is 0. The molecule has 0 aliphatic carbocycles. The third-order valence-corrected chi connectivity index (χ3v) is 2.03. The lowest BCUT2D eigenvalue weighted by Gasteiger charge is -2.05. The van der Waals surface area contributed by atoms with E-state index >= 15 is 0 Å². The topological polar surface area (TPSA) is 26.0 Å². The molecule has 6 heteroatoms. The van der Waals surface area contributed by atoms with E-state index in [4.69, 9.17) is 4.42 Å². The van der Waals surface area contributed by atoms with Gasteiger partial charge < -0.3 is 4.42 Å². The van der Waals surface area contributed by atoms with E-state index in [0.29, 0.717) is 0 Å². The van der Waals surface area contributed by atoms with Crippen molar-refractivity contribution in [1.29, 1.82) is 0 Å². The molecule has 0 spiro atoms. The van der Waals surface area contributed by atoms with Crippen molar-refractivity contribution >= 4 is 27.0 Å². The SMILES string of the molecule is FC(F)(F)c1cccc2nc(Br)oc12. The molecule has 2 nitrogen and oxygen atoms in total. The molecule has 0 fully saturated rings. The molecule has 0 atom stereocenters. The van der Waals surface area contributed by atoms with Crippen LogP contribution in [0.3, 0.4) is 0 Å². The molecule has 0 amide bonds. The van der Waals surface area contributed by atoms with Crippen molar-refractivity contribution < 1.29 is 17.6 Å². The van der Waals surface area contributed by atoms with Crippen LogP contribution in [0.2, 0.25) is 0 Å². The van der Waals surface area contributed by atoms with E-state index < -0.39 is 11.7 Å². The maximum atomic E-state index is 12.4. The van der Waals surface area contributed by atoms with Gasteiger partial charge in [0.25, 0.3) is 4.80 Å². The lowest BCUT2D eigenvalue weighted by molar-refractivity contribution is -0.136. The highest BCUT2D eigenvalue weighted by molar-refractivity contribution is 9.10. The summed E-state index contributed by atoms with van der Waals surface area (Å²) in [6.07, 6.45) is -4.42. The van der Waals surface area contributed by atoms with Crippen LogP contribution in [0.5, 0.6) is 0 Å². The first-order chi connectivity index (χ1) is 6.48. The van der Waals surface area contributed by atoms with Gasteiger partial charge in [-0.3, -0.25) is 0 Å². The number of alkyl halides is 3. The first-order valence-electron chi connectivity index (χ1n) is 3.61. The number of hydrogen-bond donors (Lipinski definition) is 0. The van der Waals surface area contributed by atoms with Crippen molar-refractivity contribution in [2.24, 2.45) is 0 Å². The fourth-order valence-electron chi connectivity index (χ4n) is 1.15. The molecule has 2 rings (SSSR count). The van der Waals surface area contributed by atoms with Gasteiger partial charge in [-0.05, 0) is 12.1 Å². The quantitative estimate of drug-likeness (QED) is 0.728. The van der Waals surface area contributed by atoms with Crippen molar-refractivity contribution in [3.63, 3.8) is 0 Å². The Labute approximate surface area is 84.9 Å². The summed E-state index contributed by atoms with van der Waals surface area (Å²) >= 11 is 2.88. The average molecular weight is 266 g/mol. The van der Waals surface area contributed by atoms with Crippen LogP contribution in [-0.2, 0) is 6.18 Å². The molecule has 1 aromatic heterocycles. The van der Waals surface area contributed by atoms with Gasteiger partial charge in [-0.1, -0.05) is 6.07 Å². The summed E-state index contributed by atoms with van der Waals surface area (Å²) in [5.74, 6) is 0. The monoisotopic (exact) mass is 265 g/mol. The first kappa shape index (κ1) is 9.51. The van der Waals surface area contributed by atoms with Gasteiger partial charge in [-0.2, -0.15) is 13.2 Å². The molecule has 0 aliphatic heterocycles. The number of nitrogens with zero attached hydrogens (tertiary/aromatic N) is 1. The van der Waals surface area contributed by atoms with Gasteiger partial charge in [0.2, 0.25) is 0 Å². The molecular weight excluding hydrogens is 263 g/mol. The molecule has 0 saturated carbocycles. The van der Waals surface area contributed by atoms with Gasteiger partial charge in [0.15, 0.2) is 5.58 Å².